The number of amides is 2. The van der Waals surface area contributed by atoms with Crippen molar-refractivity contribution >= 4 is 40.5 Å². The Balaban J connectivity index is 1.82. The summed E-state index contributed by atoms with van der Waals surface area (Å²) in [6.45, 7) is 9.10. The van der Waals surface area contributed by atoms with Crippen molar-refractivity contribution in [2.24, 2.45) is 5.92 Å². The van der Waals surface area contributed by atoms with Gasteiger partial charge in [0.2, 0.25) is 11.8 Å². The first-order valence-electron chi connectivity index (χ1n) is 9.65. The van der Waals surface area contributed by atoms with Crippen molar-refractivity contribution in [2.45, 2.75) is 40.0 Å². The highest BCUT2D eigenvalue weighted by atomic mass is 32.1. The topological polar surface area (TPSA) is 64.7 Å². The zero-order valence-electron chi connectivity index (χ0n) is 16.5. The molecule has 0 spiro atoms. The maximum Gasteiger partial charge on any atom is 0.226 e. The molecule has 1 aliphatic rings. The first-order chi connectivity index (χ1) is 12.9. The zero-order chi connectivity index (χ0) is 19.8. The van der Waals surface area contributed by atoms with E-state index in [0.29, 0.717) is 11.5 Å². The van der Waals surface area contributed by atoms with Gasteiger partial charge < -0.3 is 20.4 Å². The second-order valence-electron chi connectivity index (χ2n) is 7.12. The van der Waals surface area contributed by atoms with Gasteiger partial charge in [-0.3, -0.25) is 9.59 Å². The van der Waals surface area contributed by atoms with Crippen molar-refractivity contribution in [3.05, 3.63) is 24.3 Å². The van der Waals surface area contributed by atoms with Crippen molar-refractivity contribution in [2.75, 3.05) is 36.4 Å². The predicted octanol–water partition coefficient (Wildman–Crippen LogP) is 2.99. The molecule has 2 rings (SSSR count). The maximum atomic E-state index is 12.1. The van der Waals surface area contributed by atoms with E-state index in [1.165, 1.54) is 0 Å². The van der Waals surface area contributed by atoms with Crippen LogP contribution in [0.4, 0.5) is 11.4 Å². The van der Waals surface area contributed by atoms with Crippen LogP contribution in [0.2, 0.25) is 0 Å². The third-order valence-electron chi connectivity index (χ3n) is 4.59. The van der Waals surface area contributed by atoms with E-state index in [1.807, 2.05) is 49.9 Å². The lowest BCUT2D eigenvalue weighted by atomic mass is 10.1. The van der Waals surface area contributed by atoms with Crippen molar-refractivity contribution < 1.29 is 9.59 Å². The Bertz CT molecular complexity index is 652. The minimum absolute atomic E-state index is 0.0493. The Morgan fingerprint density at radius 2 is 1.74 bits per heavy atom. The summed E-state index contributed by atoms with van der Waals surface area (Å²) in [6, 6.07) is 7.96. The van der Waals surface area contributed by atoms with Crippen molar-refractivity contribution in [1.29, 1.82) is 0 Å². The molecule has 1 saturated heterocycles. The number of unbranched alkanes of at least 4 members (excludes halogenated alkanes) is 1. The van der Waals surface area contributed by atoms with Gasteiger partial charge in [0.05, 0.1) is 0 Å². The normalized spacial score (nSPS) is 14.2. The average molecular weight is 391 g/mol. The van der Waals surface area contributed by atoms with Gasteiger partial charge >= 0.3 is 0 Å². The van der Waals surface area contributed by atoms with Gasteiger partial charge in [-0.15, -0.1) is 0 Å². The van der Waals surface area contributed by atoms with Crippen LogP contribution >= 0.6 is 12.2 Å². The summed E-state index contributed by atoms with van der Waals surface area (Å²) in [6.07, 6.45) is 2.33. The van der Waals surface area contributed by atoms with E-state index in [-0.39, 0.29) is 17.7 Å². The molecule has 0 radical (unpaired) electrons. The smallest absolute Gasteiger partial charge is 0.226 e. The molecule has 1 heterocycles. The number of rotatable bonds is 6. The van der Waals surface area contributed by atoms with Crippen molar-refractivity contribution in [3.8, 4) is 0 Å². The van der Waals surface area contributed by atoms with Crippen molar-refractivity contribution in [3.63, 3.8) is 0 Å². The first-order valence-corrected chi connectivity index (χ1v) is 10.1. The molecule has 0 aliphatic carbocycles. The third-order valence-corrected chi connectivity index (χ3v) is 4.79. The summed E-state index contributed by atoms with van der Waals surface area (Å²) in [5.41, 5.74) is 1.96. The fourth-order valence-electron chi connectivity index (χ4n) is 2.99. The average Bonchev–Trinajstić information content (AvgIpc) is 2.66. The van der Waals surface area contributed by atoms with Crippen LogP contribution in [0.3, 0.4) is 0 Å². The van der Waals surface area contributed by atoms with Crippen LogP contribution in [0, 0.1) is 5.92 Å². The lowest BCUT2D eigenvalue weighted by molar-refractivity contribution is -0.134. The van der Waals surface area contributed by atoms with Gasteiger partial charge in [0.1, 0.15) is 0 Å². The van der Waals surface area contributed by atoms with E-state index >= 15 is 0 Å². The minimum atomic E-state index is -0.0558. The van der Waals surface area contributed by atoms with Crippen LogP contribution in [0.5, 0.6) is 0 Å². The fraction of sp³-hybridized carbons (Fsp3) is 0.550. The molecule has 148 valence electrons. The summed E-state index contributed by atoms with van der Waals surface area (Å²) in [5, 5.41) is 6.06. The molecule has 1 aromatic carbocycles. The largest absolute Gasteiger partial charge is 0.368 e. The molecule has 0 atom stereocenters. The van der Waals surface area contributed by atoms with Gasteiger partial charge in [0, 0.05) is 49.9 Å². The second-order valence-corrected chi connectivity index (χ2v) is 7.53. The Morgan fingerprint density at radius 3 is 2.30 bits per heavy atom. The number of benzene rings is 1. The number of nitrogens with one attached hydrogen (secondary N) is 2. The standard InChI is InChI=1S/C20H30N4O2S/c1-4-5-6-18(25)22-20(27)21-16-7-9-17(10-8-16)23-11-13-24(14-12-23)19(26)15(2)3/h7-10,15H,4-6,11-14H2,1-3H3,(H2,21,22,25,27). The molecule has 1 aliphatic heterocycles. The maximum absolute atomic E-state index is 12.1. The van der Waals surface area contributed by atoms with Gasteiger partial charge in [0.15, 0.2) is 5.11 Å². The fourth-order valence-corrected chi connectivity index (χ4v) is 3.23. The number of hydrogen-bond acceptors (Lipinski definition) is 4. The summed E-state index contributed by atoms with van der Waals surface area (Å²) in [4.78, 5) is 28.0. The van der Waals surface area contributed by atoms with E-state index in [0.717, 1.165) is 50.4 Å². The predicted molar refractivity (Wildman–Crippen MR) is 114 cm³/mol. The number of piperazine rings is 1. The molecule has 1 aromatic rings. The molecule has 27 heavy (non-hydrogen) atoms. The summed E-state index contributed by atoms with van der Waals surface area (Å²) < 4.78 is 0. The molecule has 6 nitrogen and oxygen atoms in total. The minimum Gasteiger partial charge on any atom is -0.368 e. The van der Waals surface area contributed by atoms with E-state index in [4.69, 9.17) is 12.2 Å². The lowest BCUT2D eigenvalue weighted by Gasteiger charge is -2.37. The summed E-state index contributed by atoms with van der Waals surface area (Å²) in [5.74, 6) is 0.219. The highest BCUT2D eigenvalue weighted by Crippen LogP contribution is 2.20. The van der Waals surface area contributed by atoms with Crippen LogP contribution in [0.1, 0.15) is 40.0 Å². The van der Waals surface area contributed by atoms with Gasteiger partial charge in [-0.25, -0.2) is 0 Å². The van der Waals surface area contributed by atoms with Crippen LogP contribution in [-0.2, 0) is 9.59 Å². The summed E-state index contributed by atoms with van der Waals surface area (Å²) >= 11 is 5.19. The van der Waals surface area contributed by atoms with E-state index in [2.05, 4.69) is 15.5 Å². The Morgan fingerprint density at radius 1 is 1.11 bits per heavy atom. The Kier molecular flexibility index (Phi) is 8.03. The molecule has 0 aromatic heterocycles. The zero-order valence-corrected chi connectivity index (χ0v) is 17.3. The quantitative estimate of drug-likeness (QED) is 0.731. The molecule has 1 fully saturated rings. The van der Waals surface area contributed by atoms with Gasteiger partial charge in [-0.2, -0.15) is 0 Å². The molecule has 7 heteroatoms. The molecule has 2 N–H and O–H groups in total. The highest BCUT2D eigenvalue weighted by Gasteiger charge is 2.22. The lowest BCUT2D eigenvalue weighted by Crippen LogP contribution is -2.49. The number of anilines is 2. The summed E-state index contributed by atoms with van der Waals surface area (Å²) in [7, 11) is 0. The van der Waals surface area contributed by atoms with E-state index in [9.17, 15) is 9.59 Å². The van der Waals surface area contributed by atoms with Crippen LogP contribution in [-0.4, -0.2) is 48.0 Å². The number of carbonyl (C=O) groups excluding carboxylic acids is 2. The van der Waals surface area contributed by atoms with Gasteiger partial charge in [0.25, 0.3) is 0 Å². The van der Waals surface area contributed by atoms with Crippen LogP contribution in [0.15, 0.2) is 24.3 Å². The van der Waals surface area contributed by atoms with E-state index in [1.54, 1.807) is 0 Å². The monoisotopic (exact) mass is 390 g/mol. The number of carbonyl (C=O) groups is 2. The number of thiocarbonyl (C=S) groups is 1. The molecule has 0 unspecified atom stereocenters. The van der Waals surface area contributed by atoms with Crippen LogP contribution in [0.25, 0.3) is 0 Å². The number of nitrogens with zero attached hydrogens (tertiary/aromatic N) is 2. The molecule has 0 saturated carbocycles. The van der Waals surface area contributed by atoms with Crippen LogP contribution < -0.4 is 15.5 Å². The van der Waals surface area contributed by atoms with E-state index < -0.39 is 0 Å². The van der Waals surface area contributed by atoms with Gasteiger partial charge in [-0.05, 0) is 42.9 Å². The third kappa shape index (κ3) is 6.50. The molecular formula is C20H30N4O2S. The van der Waals surface area contributed by atoms with Crippen molar-refractivity contribution in [1.82, 2.24) is 10.2 Å². The Labute approximate surface area is 167 Å². The molecule has 0 bridgehead atoms. The molecule has 2 amide bonds. The second kappa shape index (κ2) is 10.3. The van der Waals surface area contributed by atoms with Gasteiger partial charge in [-0.1, -0.05) is 27.2 Å². The number of hydrogen-bond donors (Lipinski definition) is 2. The SMILES string of the molecule is CCCCC(=O)NC(=S)Nc1ccc(N2CCN(C(=O)C(C)C)CC2)cc1. The highest BCUT2D eigenvalue weighted by molar-refractivity contribution is 7.80. The molecular weight excluding hydrogens is 360 g/mol. The Hall–Kier alpha value is -2.15. The first kappa shape index (κ1) is 21.2.